The van der Waals surface area contributed by atoms with E-state index in [-0.39, 0.29) is 18.0 Å². The van der Waals surface area contributed by atoms with E-state index < -0.39 is 16.9 Å². The number of ether oxygens (including phenoxy) is 1. The van der Waals surface area contributed by atoms with Gasteiger partial charge in [0.05, 0.1) is 10.6 Å². The zero-order chi connectivity index (χ0) is 25.2. The molecule has 178 valence electrons. The number of fused-ring (bicyclic) bond motifs is 1. The normalized spacial score (nSPS) is 14.4. The number of nitro benzene ring substituents is 1. The number of nitrogens with zero attached hydrogens (tertiary/aromatic N) is 2. The summed E-state index contributed by atoms with van der Waals surface area (Å²) >= 11 is 5.94. The molecule has 1 aliphatic rings. The minimum atomic E-state index is -0.567. The van der Waals surface area contributed by atoms with Crippen molar-refractivity contribution in [2.45, 2.75) is 6.61 Å². The number of amides is 3. The molecule has 36 heavy (non-hydrogen) atoms. The number of nitro groups is 1. The molecule has 0 atom stereocenters. The second-order valence-corrected chi connectivity index (χ2v) is 8.45. The van der Waals surface area contributed by atoms with Crippen LogP contribution in [0.2, 0.25) is 5.02 Å². The minimum absolute atomic E-state index is 0.00407. The first-order valence-electron chi connectivity index (χ1n) is 10.9. The van der Waals surface area contributed by atoms with Crippen molar-refractivity contribution in [2.24, 2.45) is 0 Å². The maximum Gasteiger partial charge on any atom is 0.333 e. The van der Waals surface area contributed by atoms with Crippen LogP contribution in [0.1, 0.15) is 11.1 Å². The van der Waals surface area contributed by atoms with Gasteiger partial charge in [0.15, 0.2) is 0 Å². The van der Waals surface area contributed by atoms with E-state index >= 15 is 0 Å². The molecule has 0 aliphatic carbocycles. The number of hydrogen-bond acceptors (Lipinski definition) is 5. The monoisotopic (exact) mass is 499 g/mol. The van der Waals surface area contributed by atoms with Crippen LogP contribution in [0.4, 0.5) is 16.2 Å². The Morgan fingerprint density at radius 2 is 1.67 bits per heavy atom. The summed E-state index contributed by atoms with van der Waals surface area (Å²) in [5, 5.41) is 15.8. The van der Waals surface area contributed by atoms with Crippen molar-refractivity contribution in [1.29, 1.82) is 0 Å². The zero-order valence-corrected chi connectivity index (χ0v) is 19.4. The molecule has 9 heteroatoms. The number of anilines is 1. The van der Waals surface area contributed by atoms with Gasteiger partial charge in [0.1, 0.15) is 18.1 Å². The number of carbonyl (C=O) groups excluding carboxylic acids is 2. The number of nitrogens with one attached hydrogen (secondary N) is 1. The van der Waals surface area contributed by atoms with Gasteiger partial charge in [-0.25, -0.2) is 9.69 Å². The minimum Gasteiger partial charge on any atom is -0.488 e. The third kappa shape index (κ3) is 4.49. The summed E-state index contributed by atoms with van der Waals surface area (Å²) in [6.07, 6.45) is 1.60. The Kier molecular flexibility index (Phi) is 6.10. The smallest absolute Gasteiger partial charge is 0.333 e. The summed E-state index contributed by atoms with van der Waals surface area (Å²) in [6, 6.07) is 23.2. The molecular weight excluding hydrogens is 482 g/mol. The lowest BCUT2D eigenvalue weighted by atomic mass is 10.0. The van der Waals surface area contributed by atoms with Crippen LogP contribution in [0, 0.1) is 10.1 Å². The zero-order valence-electron chi connectivity index (χ0n) is 18.7. The number of halogens is 1. The molecule has 4 aromatic rings. The molecule has 0 radical (unpaired) electrons. The first-order valence-corrected chi connectivity index (χ1v) is 11.3. The standard InChI is InChI=1S/C27H18ClN3O5/c28-19-8-12-20(13-9-19)30-26(32)24(29-27(30)33)15-23-22-4-2-1-3-18(22)7-14-25(23)36-16-17-5-10-21(11-6-17)31(34)35/h1-15H,16H2,(H,29,33)/b24-15+. The van der Waals surface area contributed by atoms with Gasteiger partial charge in [-0.1, -0.05) is 41.9 Å². The van der Waals surface area contributed by atoms with E-state index in [1.807, 2.05) is 30.3 Å². The number of non-ortho nitro benzene ring substituents is 1. The van der Waals surface area contributed by atoms with E-state index in [2.05, 4.69) is 5.32 Å². The number of urea groups is 1. The van der Waals surface area contributed by atoms with E-state index in [0.717, 1.165) is 21.2 Å². The second kappa shape index (κ2) is 9.52. The molecule has 3 amide bonds. The van der Waals surface area contributed by atoms with Crippen LogP contribution in [-0.4, -0.2) is 16.9 Å². The van der Waals surface area contributed by atoms with Crippen molar-refractivity contribution in [2.75, 3.05) is 4.90 Å². The molecule has 0 bridgehead atoms. The molecule has 0 saturated carbocycles. The third-order valence-electron chi connectivity index (χ3n) is 5.72. The van der Waals surface area contributed by atoms with Crippen LogP contribution in [-0.2, 0) is 11.4 Å². The fraction of sp³-hybridized carbons (Fsp3) is 0.0370. The number of imide groups is 1. The lowest BCUT2D eigenvalue weighted by Crippen LogP contribution is -2.30. The number of rotatable bonds is 6. The van der Waals surface area contributed by atoms with Gasteiger partial charge < -0.3 is 10.1 Å². The summed E-state index contributed by atoms with van der Waals surface area (Å²) in [7, 11) is 0. The Balaban J connectivity index is 1.49. The number of hydrogen-bond donors (Lipinski definition) is 1. The topological polar surface area (TPSA) is 102 Å². The van der Waals surface area contributed by atoms with Crippen LogP contribution in [0.25, 0.3) is 16.8 Å². The average molecular weight is 500 g/mol. The van der Waals surface area contributed by atoms with Crippen molar-refractivity contribution in [3.8, 4) is 5.75 Å². The average Bonchev–Trinajstić information content (AvgIpc) is 3.16. The molecule has 1 fully saturated rings. The SMILES string of the molecule is O=C1N/C(=C/c2c(OCc3ccc([N+](=O)[O-])cc3)ccc3ccccc23)C(=O)N1c1ccc(Cl)cc1. The van der Waals surface area contributed by atoms with Gasteiger partial charge in [0.2, 0.25) is 0 Å². The first kappa shape index (κ1) is 23.1. The van der Waals surface area contributed by atoms with Crippen molar-refractivity contribution >= 4 is 51.8 Å². The van der Waals surface area contributed by atoms with Crippen LogP contribution < -0.4 is 15.0 Å². The number of carbonyl (C=O) groups is 2. The fourth-order valence-electron chi connectivity index (χ4n) is 3.93. The van der Waals surface area contributed by atoms with Crippen LogP contribution in [0.3, 0.4) is 0 Å². The predicted octanol–water partition coefficient (Wildman–Crippen LogP) is 6.08. The van der Waals surface area contributed by atoms with Crippen LogP contribution >= 0.6 is 11.6 Å². The molecule has 1 aliphatic heterocycles. The summed E-state index contributed by atoms with van der Waals surface area (Å²) in [4.78, 5) is 37.3. The summed E-state index contributed by atoms with van der Waals surface area (Å²) < 4.78 is 6.06. The number of benzene rings is 4. The van der Waals surface area contributed by atoms with Gasteiger partial charge in [-0.3, -0.25) is 14.9 Å². The van der Waals surface area contributed by atoms with Crippen molar-refractivity contribution < 1.29 is 19.2 Å². The van der Waals surface area contributed by atoms with Gasteiger partial charge in [-0.05, 0) is 64.9 Å². The van der Waals surface area contributed by atoms with Gasteiger partial charge in [-0.2, -0.15) is 0 Å². The highest BCUT2D eigenvalue weighted by Gasteiger charge is 2.35. The highest BCUT2D eigenvalue weighted by atomic mass is 35.5. The molecule has 1 heterocycles. The van der Waals surface area contributed by atoms with Gasteiger partial charge in [0.25, 0.3) is 11.6 Å². The van der Waals surface area contributed by atoms with Crippen molar-refractivity contribution in [1.82, 2.24) is 5.32 Å². The van der Waals surface area contributed by atoms with Crippen LogP contribution in [0.5, 0.6) is 5.75 Å². The van der Waals surface area contributed by atoms with E-state index in [1.54, 1.807) is 48.5 Å². The molecule has 1 saturated heterocycles. The predicted molar refractivity (Wildman–Crippen MR) is 137 cm³/mol. The lowest BCUT2D eigenvalue weighted by molar-refractivity contribution is -0.384. The molecule has 0 aromatic heterocycles. The molecule has 0 spiro atoms. The molecular formula is C27H18ClN3O5. The van der Waals surface area contributed by atoms with Gasteiger partial charge in [-0.15, -0.1) is 0 Å². The molecule has 8 nitrogen and oxygen atoms in total. The quantitative estimate of drug-likeness (QED) is 0.150. The fourth-order valence-corrected chi connectivity index (χ4v) is 4.06. The Hall–Kier alpha value is -4.69. The molecule has 0 unspecified atom stereocenters. The summed E-state index contributed by atoms with van der Waals surface area (Å²) in [6.45, 7) is 0.156. The van der Waals surface area contributed by atoms with Crippen molar-refractivity contribution in [3.63, 3.8) is 0 Å². The largest absolute Gasteiger partial charge is 0.488 e. The lowest BCUT2D eigenvalue weighted by Gasteiger charge is -2.13. The highest BCUT2D eigenvalue weighted by Crippen LogP contribution is 2.32. The third-order valence-corrected chi connectivity index (χ3v) is 5.98. The summed E-state index contributed by atoms with van der Waals surface area (Å²) in [5.74, 6) is -0.0110. The first-order chi connectivity index (χ1) is 17.4. The van der Waals surface area contributed by atoms with E-state index in [1.165, 1.54) is 12.1 Å². The Labute approximate surface area is 210 Å². The molecule has 4 aromatic carbocycles. The molecule has 5 rings (SSSR count). The van der Waals surface area contributed by atoms with Crippen molar-refractivity contribution in [3.05, 3.63) is 117 Å². The van der Waals surface area contributed by atoms with E-state index in [0.29, 0.717) is 22.0 Å². The Morgan fingerprint density at radius 3 is 2.39 bits per heavy atom. The Morgan fingerprint density at radius 1 is 0.944 bits per heavy atom. The van der Waals surface area contributed by atoms with E-state index in [4.69, 9.17) is 16.3 Å². The van der Waals surface area contributed by atoms with Crippen LogP contribution in [0.15, 0.2) is 90.6 Å². The molecule has 1 N–H and O–H groups in total. The maximum atomic E-state index is 13.2. The summed E-state index contributed by atoms with van der Waals surface area (Å²) in [5.41, 5.74) is 1.86. The Bertz CT molecular complexity index is 1530. The van der Waals surface area contributed by atoms with E-state index in [9.17, 15) is 19.7 Å². The van der Waals surface area contributed by atoms with Gasteiger partial charge in [0, 0.05) is 22.7 Å². The second-order valence-electron chi connectivity index (χ2n) is 8.02. The maximum absolute atomic E-state index is 13.2. The highest BCUT2D eigenvalue weighted by molar-refractivity contribution is 6.31. The van der Waals surface area contributed by atoms with Gasteiger partial charge >= 0.3 is 6.03 Å².